The molecule has 5 rings (SSSR count). The van der Waals surface area contributed by atoms with Gasteiger partial charge in [-0.05, 0) is 72.8 Å². The van der Waals surface area contributed by atoms with Gasteiger partial charge >= 0.3 is 0 Å². The zero-order valence-corrected chi connectivity index (χ0v) is 21.7. The normalized spacial score (nSPS) is 15.0. The van der Waals surface area contributed by atoms with Crippen LogP contribution in [0.1, 0.15) is 16.8 Å². The van der Waals surface area contributed by atoms with Crippen LogP contribution in [0.25, 0.3) is 0 Å². The zero-order chi connectivity index (χ0) is 28.1. The maximum atomic E-state index is 13.1. The molecule has 40 heavy (non-hydrogen) atoms. The minimum Gasteiger partial charge on any atom is -0.322 e. The van der Waals surface area contributed by atoms with Gasteiger partial charge in [0.1, 0.15) is 0 Å². The lowest BCUT2D eigenvalue weighted by Gasteiger charge is -2.15. The number of carbonyl (C=O) groups excluding carboxylic acids is 3. The number of nitrogens with one attached hydrogen (secondary N) is 1. The quantitative estimate of drug-likeness (QED) is 0.112. The summed E-state index contributed by atoms with van der Waals surface area (Å²) in [6, 6.07) is 28.2. The molecule has 1 aliphatic rings. The van der Waals surface area contributed by atoms with Crippen LogP contribution in [-0.2, 0) is 9.59 Å². The first-order valence-corrected chi connectivity index (χ1v) is 13.0. The molecule has 1 fully saturated rings. The Kier molecular flexibility index (Phi) is 7.74. The summed E-state index contributed by atoms with van der Waals surface area (Å²) in [7, 11) is 0. The van der Waals surface area contributed by atoms with E-state index in [4.69, 9.17) is 0 Å². The number of anilines is 2. The smallest absolute Gasteiger partial charge is 0.269 e. The van der Waals surface area contributed by atoms with Crippen molar-refractivity contribution in [1.82, 2.24) is 0 Å². The standard InChI is InChI=1S/C29H21N5O5S/c35-27-18-26(29(37)33(27)23-14-8-22(9-15-23)32-31-21-4-2-1-3-5-21)40-25-16-10-20(11-17-25)30-28(36)19-6-12-24(13-7-19)34(38)39/h1-17,26H,18H2,(H,30,36). The summed E-state index contributed by atoms with van der Waals surface area (Å²) in [5.74, 6) is -0.993. The van der Waals surface area contributed by atoms with Crippen molar-refractivity contribution in [3.8, 4) is 0 Å². The lowest BCUT2D eigenvalue weighted by Crippen LogP contribution is -2.30. The predicted molar refractivity (Wildman–Crippen MR) is 151 cm³/mol. The number of amides is 3. The van der Waals surface area contributed by atoms with Gasteiger partial charge in [0.15, 0.2) is 0 Å². The molecule has 0 saturated carbocycles. The van der Waals surface area contributed by atoms with Gasteiger partial charge in [-0.2, -0.15) is 10.2 Å². The average Bonchev–Trinajstić information content (AvgIpc) is 3.25. The van der Waals surface area contributed by atoms with Gasteiger partial charge in [-0.3, -0.25) is 24.5 Å². The minimum absolute atomic E-state index is 0.0671. The molecular formula is C29H21N5O5S. The number of hydrogen-bond acceptors (Lipinski definition) is 8. The molecule has 4 aromatic rings. The molecule has 10 nitrogen and oxygen atoms in total. The molecular weight excluding hydrogens is 530 g/mol. The van der Waals surface area contributed by atoms with Gasteiger partial charge in [0, 0.05) is 34.7 Å². The number of benzene rings is 4. The Balaban J connectivity index is 1.19. The van der Waals surface area contributed by atoms with E-state index in [1.54, 1.807) is 48.5 Å². The maximum Gasteiger partial charge on any atom is 0.269 e. The summed E-state index contributed by atoms with van der Waals surface area (Å²) in [4.78, 5) is 50.5. The van der Waals surface area contributed by atoms with Crippen molar-refractivity contribution in [3.05, 3.63) is 119 Å². The Morgan fingerprint density at radius 2 is 1.48 bits per heavy atom. The molecule has 0 spiro atoms. The first kappa shape index (κ1) is 26.4. The van der Waals surface area contributed by atoms with E-state index in [1.165, 1.54) is 40.9 Å². The van der Waals surface area contributed by atoms with Crippen LogP contribution in [0, 0.1) is 10.1 Å². The number of carbonyl (C=O) groups is 3. The van der Waals surface area contributed by atoms with Gasteiger partial charge in [-0.25, -0.2) is 4.90 Å². The number of rotatable bonds is 8. The number of thioether (sulfide) groups is 1. The highest BCUT2D eigenvalue weighted by atomic mass is 32.2. The monoisotopic (exact) mass is 551 g/mol. The van der Waals surface area contributed by atoms with Crippen molar-refractivity contribution >= 4 is 57.9 Å². The van der Waals surface area contributed by atoms with E-state index in [-0.39, 0.29) is 29.5 Å². The van der Waals surface area contributed by atoms with E-state index in [0.29, 0.717) is 17.1 Å². The first-order valence-electron chi connectivity index (χ1n) is 12.1. The number of nitro groups is 1. The summed E-state index contributed by atoms with van der Waals surface area (Å²) >= 11 is 1.28. The van der Waals surface area contributed by atoms with Gasteiger partial charge < -0.3 is 5.32 Å². The third-order valence-electron chi connectivity index (χ3n) is 5.98. The zero-order valence-electron chi connectivity index (χ0n) is 20.8. The fourth-order valence-electron chi connectivity index (χ4n) is 3.96. The Labute approximate surface area is 232 Å². The third-order valence-corrected chi connectivity index (χ3v) is 7.18. The van der Waals surface area contributed by atoms with E-state index in [2.05, 4.69) is 15.5 Å². The van der Waals surface area contributed by atoms with Crippen molar-refractivity contribution in [2.75, 3.05) is 10.2 Å². The number of nitro benzene ring substituents is 1. The van der Waals surface area contributed by atoms with Crippen LogP contribution < -0.4 is 10.2 Å². The molecule has 0 aliphatic carbocycles. The van der Waals surface area contributed by atoms with Crippen molar-refractivity contribution in [2.45, 2.75) is 16.6 Å². The van der Waals surface area contributed by atoms with Crippen molar-refractivity contribution in [3.63, 3.8) is 0 Å². The molecule has 0 aromatic heterocycles. The maximum absolute atomic E-state index is 13.1. The fraction of sp³-hybridized carbons (Fsp3) is 0.0690. The van der Waals surface area contributed by atoms with Crippen LogP contribution in [0.5, 0.6) is 0 Å². The number of non-ortho nitro benzene ring substituents is 1. The molecule has 0 bridgehead atoms. The summed E-state index contributed by atoms with van der Waals surface area (Å²) in [5.41, 5.74) is 2.49. The lowest BCUT2D eigenvalue weighted by molar-refractivity contribution is -0.384. The highest BCUT2D eigenvalue weighted by Gasteiger charge is 2.40. The molecule has 11 heteroatoms. The van der Waals surface area contributed by atoms with E-state index in [0.717, 1.165) is 10.6 Å². The van der Waals surface area contributed by atoms with Crippen LogP contribution >= 0.6 is 11.8 Å². The summed E-state index contributed by atoms with van der Waals surface area (Å²) in [5, 5.41) is 21.3. The Morgan fingerprint density at radius 1 is 0.850 bits per heavy atom. The summed E-state index contributed by atoms with van der Waals surface area (Å²) in [6.45, 7) is 0. The first-order chi connectivity index (χ1) is 19.4. The second-order valence-corrected chi connectivity index (χ2v) is 9.99. The second kappa shape index (κ2) is 11.7. The van der Waals surface area contributed by atoms with E-state index < -0.39 is 16.1 Å². The second-order valence-electron chi connectivity index (χ2n) is 8.71. The molecule has 1 N–H and O–H groups in total. The van der Waals surface area contributed by atoms with Gasteiger partial charge in [0.25, 0.3) is 11.6 Å². The van der Waals surface area contributed by atoms with Crippen LogP contribution in [0.15, 0.2) is 118 Å². The average molecular weight is 552 g/mol. The molecule has 3 amide bonds. The Hall–Kier alpha value is -5.16. The van der Waals surface area contributed by atoms with Crippen LogP contribution in [0.2, 0.25) is 0 Å². The van der Waals surface area contributed by atoms with Gasteiger partial charge in [-0.15, -0.1) is 11.8 Å². The largest absolute Gasteiger partial charge is 0.322 e. The predicted octanol–water partition coefficient (Wildman–Crippen LogP) is 6.69. The van der Waals surface area contributed by atoms with E-state index in [1.807, 2.05) is 30.3 Å². The summed E-state index contributed by atoms with van der Waals surface area (Å²) < 4.78 is 0. The van der Waals surface area contributed by atoms with Gasteiger partial charge in [0.2, 0.25) is 11.8 Å². The van der Waals surface area contributed by atoms with E-state index >= 15 is 0 Å². The molecule has 1 atom stereocenters. The SMILES string of the molecule is O=C(Nc1ccc(SC2CC(=O)N(c3ccc(N=Nc4ccccc4)cc3)C2=O)cc1)c1ccc([N+](=O)[O-])cc1. The van der Waals surface area contributed by atoms with E-state index in [9.17, 15) is 24.5 Å². The van der Waals surface area contributed by atoms with Gasteiger partial charge in [-0.1, -0.05) is 18.2 Å². The molecule has 0 radical (unpaired) electrons. The number of azo groups is 1. The third kappa shape index (κ3) is 6.11. The molecule has 1 unspecified atom stereocenters. The molecule has 1 aliphatic heterocycles. The Morgan fingerprint density at radius 3 is 2.10 bits per heavy atom. The topological polar surface area (TPSA) is 134 Å². The summed E-state index contributed by atoms with van der Waals surface area (Å²) in [6.07, 6.45) is 0.0671. The van der Waals surface area contributed by atoms with Crippen molar-refractivity contribution < 1.29 is 19.3 Å². The van der Waals surface area contributed by atoms with Crippen LogP contribution in [0.3, 0.4) is 0 Å². The molecule has 198 valence electrons. The minimum atomic E-state index is -0.578. The fourth-order valence-corrected chi connectivity index (χ4v) is 5.02. The molecule has 1 heterocycles. The number of hydrogen-bond donors (Lipinski definition) is 1. The Bertz CT molecular complexity index is 1590. The molecule has 4 aromatic carbocycles. The highest BCUT2D eigenvalue weighted by molar-refractivity contribution is 8.00. The number of nitrogens with zero attached hydrogens (tertiary/aromatic N) is 4. The number of imide groups is 1. The van der Waals surface area contributed by atoms with Crippen LogP contribution in [-0.4, -0.2) is 27.9 Å². The van der Waals surface area contributed by atoms with Crippen molar-refractivity contribution in [2.24, 2.45) is 10.2 Å². The lowest BCUT2D eigenvalue weighted by atomic mass is 10.2. The molecule has 1 saturated heterocycles. The highest BCUT2D eigenvalue weighted by Crippen LogP contribution is 2.35. The van der Waals surface area contributed by atoms with Crippen molar-refractivity contribution in [1.29, 1.82) is 0 Å². The van der Waals surface area contributed by atoms with Crippen LogP contribution in [0.4, 0.5) is 28.4 Å². The van der Waals surface area contributed by atoms with Gasteiger partial charge in [0.05, 0.1) is 27.2 Å².